The predicted octanol–water partition coefficient (Wildman–Crippen LogP) is 1.16. The fraction of sp³-hybridized carbons (Fsp3) is 0.875. The van der Waals surface area contributed by atoms with Crippen molar-refractivity contribution >= 4 is 6.09 Å². The van der Waals surface area contributed by atoms with Crippen LogP contribution >= 0.6 is 0 Å². The summed E-state index contributed by atoms with van der Waals surface area (Å²) >= 11 is 0. The molecule has 4 nitrogen and oxygen atoms in total. The molecule has 1 rings (SSSR count). The third-order valence-electron chi connectivity index (χ3n) is 1.64. The summed E-state index contributed by atoms with van der Waals surface area (Å²) in [6, 6.07) is 0. The van der Waals surface area contributed by atoms with Gasteiger partial charge in [-0.15, -0.1) is 0 Å². The topological polar surface area (TPSA) is 38.8 Å². The van der Waals surface area contributed by atoms with Crippen molar-refractivity contribution in [2.24, 2.45) is 0 Å². The Kier molecular flexibility index (Phi) is 3.48. The van der Waals surface area contributed by atoms with Crippen LogP contribution < -0.4 is 0 Å². The second-order valence-corrected chi connectivity index (χ2v) is 3.14. The van der Waals surface area contributed by atoms with Gasteiger partial charge < -0.3 is 9.47 Å². The predicted molar refractivity (Wildman–Crippen MR) is 44.0 cm³/mol. The molecule has 0 aliphatic carbocycles. The molecule has 0 bridgehead atoms. The van der Waals surface area contributed by atoms with E-state index >= 15 is 0 Å². The van der Waals surface area contributed by atoms with Gasteiger partial charge in [-0.2, -0.15) is 0 Å². The molecule has 1 unspecified atom stereocenters. The molecule has 0 aromatic rings. The van der Waals surface area contributed by atoms with Crippen LogP contribution in [0.1, 0.15) is 13.8 Å². The Morgan fingerprint density at radius 2 is 2.38 bits per heavy atom. The van der Waals surface area contributed by atoms with Crippen molar-refractivity contribution in [3.8, 4) is 0 Å². The molecule has 0 saturated carbocycles. The van der Waals surface area contributed by atoms with Crippen molar-refractivity contribution in [2.75, 3.05) is 19.8 Å². The zero-order valence-electron chi connectivity index (χ0n) is 7.83. The zero-order valence-corrected chi connectivity index (χ0v) is 7.83. The molecule has 1 amide bonds. The fourth-order valence-corrected chi connectivity index (χ4v) is 1.05. The second-order valence-electron chi connectivity index (χ2n) is 3.14. The van der Waals surface area contributed by atoms with Crippen LogP contribution in [0.5, 0.6) is 0 Å². The molecule has 1 atom stereocenters. The highest BCUT2D eigenvalue weighted by atomic mass is 19.1. The minimum Gasteiger partial charge on any atom is -0.447 e. The Labute approximate surface area is 76.6 Å². The molecule has 13 heavy (non-hydrogen) atoms. The number of carbonyl (C=O) groups excluding carboxylic acids is 1. The van der Waals surface area contributed by atoms with Crippen LogP contribution in [0.3, 0.4) is 0 Å². The number of hydrogen-bond acceptors (Lipinski definition) is 3. The van der Waals surface area contributed by atoms with Gasteiger partial charge in [-0.3, -0.25) is 4.90 Å². The maximum atomic E-state index is 13.0. The van der Waals surface area contributed by atoms with E-state index in [1.54, 1.807) is 13.8 Å². The van der Waals surface area contributed by atoms with E-state index in [0.717, 1.165) is 4.90 Å². The number of carbonyl (C=O) groups is 1. The van der Waals surface area contributed by atoms with Gasteiger partial charge in [0.2, 0.25) is 6.30 Å². The third-order valence-corrected chi connectivity index (χ3v) is 1.64. The molecule has 0 radical (unpaired) electrons. The minimum atomic E-state index is -1.38. The lowest BCUT2D eigenvalue weighted by atomic mass is 10.4. The van der Waals surface area contributed by atoms with Gasteiger partial charge in [-0.1, -0.05) is 0 Å². The van der Waals surface area contributed by atoms with Crippen molar-refractivity contribution < 1.29 is 18.7 Å². The number of alkyl halides is 1. The Morgan fingerprint density at radius 3 is 2.92 bits per heavy atom. The van der Waals surface area contributed by atoms with Gasteiger partial charge in [0.1, 0.15) is 0 Å². The molecule has 0 aromatic carbocycles. The summed E-state index contributed by atoms with van der Waals surface area (Å²) in [6.45, 7) is 4.02. The highest BCUT2D eigenvalue weighted by Gasteiger charge is 2.28. The lowest BCUT2D eigenvalue weighted by molar-refractivity contribution is -0.0601. The number of halogens is 1. The summed E-state index contributed by atoms with van der Waals surface area (Å²) in [7, 11) is 0. The van der Waals surface area contributed by atoms with Crippen LogP contribution in [0.15, 0.2) is 0 Å². The van der Waals surface area contributed by atoms with Crippen molar-refractivity contribution in [1.82, 2.24) is 4.90 Å². The second kappa shape index (κ2) is 4.41. The van der Waals surface area contributed by atoms with Gasteiger partial charge in [-0.05, 0) is 13.8 Å². The maximum Gasteiger partial charge on any atom is 0.412 e. The van der Waals surface area contributed by atoms with Crippen LogP contribution in [0.2, 0.25) is 0 Å². The van der Waals surface area contributed by atoms with Crippen molar-refractivity contribution in [3.63, 3.8) is 0 Å². The molecule has 1 aliphatic rings. The first-order valence-corrected chi connectivity index (χ1v) is 4.30. The number of hydrogen-bond donors (Lipinski definition) is 0. The van der Waals surface area contributed by atoms with Crippen LogP contribution in [-0.2, 0) is 9.47 Å². The fourth-order valence-electron chi connectivity index (χ4n) is 1.05. The zero-order chi connectivity index (χ0) is 9.84. The van der Waals surface area contributed by atoms with Gasteiger partial charge in [-0.25, -0.2) is 9.18 Å². The Bertz CT molecular complexity index is 186. The first kappa shape index (κ1) is 10.2. The van der Waals surface area contributed by atoms with Gasteiger partial charge in [0.15, 0.2) is 0 Å². The molecule has 76 valence electrons. The highest BCUT2D eigenvalue weighted by molar-refractivity contribution is 5.68. The number of nitrogens with zero attached hydrogens (tertiary/aromatic N) is 1. The van der Waals surface area contributed by atoms with E-state index in [2.05, 4.69) is 0 Å². The average molecular weight is 191 g/mol. The summed E-state index contributed by atoms with van der Waals surface area (Å²) < 4.78 is 22.7. The average Bonchev–Trinajstić information content (AvgIpc) is 2.03. The largest absolute Gasteiger partial charge is 0.447 e. The molecular formula is C8H14FNO3. The number of morpholine rings is 1. The molecule has 1 saturated heterocycles. The summed E-state index contributed by atoms with van der Waals surface area (Å²) in [4.78, 5) is 12.3. The smallest absolute Gasteiger partial charge is 0.412 e. The van der Waals surface area contributed by atoms with Gasteiger partial charge in [0.05, 0.1) is 25.9 Å². The van der Waals surface area contributed by atoms with E-state index in [4.69, 9.17) is 9.47 Å². The lowest BCUT2D eigenvalue weighted by Gasteiger charge is -2.30. The van der Waals surface area contributed by atoms with Crippen LogP contribution in [-0.4, -0.2) is 43.2 Å². The molecule has 1 heterocycles. The molecule has 1 aliphatic heterocycles. The van der Waals surface area contributed by atoms with E-state index in [0.29, 0.717) is 6.61 Å². The standard InChI is InChI=1S/C8H14FNO3/c1-6(2)13-8(11)10-3-4-12-5-7(10)9/h6-7H,3-5H2,1-2H3. The number of rotatable bonds is 1. The quantitative estimate of drug-likeness (QED) is 0.584. The van der Waals surface area contributed by atoms with Gasteiger partial charge >= 0.3 is 6.09 Å². The Morgan fingerprint density at radius 1 is 1.69 bits per heavy atom. The highest BCUT2D eigenvalue weighted by Crippen LogP contribution is 2.10. The summed E-state index contributed by atoms with van der Waals surface area (Å²) in [5, 5.41) is 0. The third kappa shape index (κ3) is 2.84. The van der Waals surface area contributed by atoms with Crippen LogP contribution in [0, 0.1) is 0 Å². The van der Waals surface area contributed by atoms with Crippen LogP contribution in [0.4, 0.5) is 9.18 Å². The molecule has 1 fully saturated rings. The Balaban J connectivity index is 2.44. The molecule has 0 aromatic heterocycles. The Hall–Kier alpha value is -0.840. The van der Waals surface area contributed by atoms with E-state index in [1.807, 2.05) is 0 Å². The van der Waals surface area contributed by atoms with Gasteiger partial charge in [0, 0.05) is 0 Å². The normalized spacial score (nSPS) is 23.4. The first-order chi connectivity index (χ1) is 6.11. The minimum absolute atomic E-state index is 0.0623. The molecule has 0 N–H and O–H groups in total. The monoisotopic (exact) mass is 191 g/mol. The first-order valence-electron chi connectivity index (χ1n) is 4.30. The summed E-state index contributed by atoms with van der Waals surface area (Å²) in [6.07, 6.45) is -2.20. The van der Waals surface area contributed by atoms with Crippen molar-refractivity contribution in [1.29, 1.82) is 0 Å². The van der Waals surface area contributed by atoms with Crippen molar-refractivity contribution in [2.45, 2.75) is 26.2 Å². The van der Waals surface area contributed by atoms with Crippen molar-refractivity contribution in [3.05, 3.63) is 0 Å². The summed E-state index contributed by atoms with van der Waals surface area (Å²) in [5.41, 5.74) is 0. The van der Waals surface area contributed by atoms with Crippen LogP contribution in [0.25, 0.3) is 0 Å². The van der Waals surface area contributed by atoms with E-state index in [-0.39, 0.29) is 19.3 Å². The number of amides is 1. The van der Waals surface area contributed by atoms with E-state index < -0.39 is 12.4 Å². The van der Waals surface area contributed by atoms with Gasteiger partial charge in [0.25, 0.3) is 0 Å². The lowest BCUT2D eigenvalue weighted by Crippen LogP contribution is -2.47. The van der Waals surface area contributed by atoms with E-state index in [1.165, 1.54) is 0 Å². The molecule has 0 spiro atoms. The van der Waals surface area contributed by atoms with E-state index in [9.17, 15) is 9.18 Å². The maximum absolute atomic E-state index is 13.0. The SMILES string of the molecule is CC(C)OC(=O)N1CCOCC1F. The molecule has 5 heteroatoms. The number of ether oxygens (including phenoxy) is 2. The summed E-state index contributed by atoms with van der Waals surface area (Å²) in [5.74, 6) is 0. The molecular weight excluding hydrogens is 177 g/mol.